The van der Waals surface area contributed by atoms with Gasteiger partial charge in [0.15, 0.2) is 0 Å². The molecule has 0 saturated carbocycles. The molecule has 2 atom stereocenters. The third-order valence-corrected chi connectivity index (χ3v) is 4.02. The number of hydrogen-bond donors (Lipinski definition) is 1. The maximum Gasteiger partial charge on any atom is 0.311 e. The van der Waals surface area contributed by atoms with Crippen molar-refractivity contribution in [3.63, 3.8) is 0 Å². The summed E-state index contributed by atoms with van der Waals surface area (Å²) in [5.74, 6) is -1.51. The summed E-state index contributed by atoms with van der Waals surface area (Å²) in [6.45, 7) is 0.492. The van der Waals surface area contributed by atoms with E-state index in [1.807, 2.05) is 0 Å². The molecule has 2 unspecified atom stereocenters. The number of nitrogens with zero attached hydrogens (tertiary/aromatic N) is 2. The second kappa shape index (κ2) is 5.76. The number of aliphatic carboxylic acids is 1. The van der Waals surface area contributed by atoms with Crippen molar-refractivity contribution in [3.05, 3.63) is 32.8 Å². The number of benzene rings is 1. The number of nitro groups is 1. The topological polar surface area (TPSA) is 92.9 Å². The smallest absolute Gasteiger partial charge is 0.311 e. The number of carboxylic acid groups (broad SMARTS) is 1. The van der Waals surface area contributed by atoms with Crippen LogP contribution in [0.4, 0.5) is 11.4 Å². The van der Waals surface area contributed by atoms with Gasteiger partial charge in [-0.05, 0) is 22.0 Å². The zero-order chi connectivity index (χ0) is 14.9. The van der Waals surface area contributed by atoms with Crippen LogP contribution in [0.1, 0.15) is 0 Å². The fraction of sp³-hybridized carbons (Fsp3) is 0.417. The first kappa shape index (κ1) is 14.7. The Balaban J connectivity index is 2.27. The molecule has 8 heteroatoms. The molecule has 1 fully saturated rings. The van der Waals surface area contributed by atoms with Gasteiger partial charge in [0, 0.05) is 23.7 Å². The van der Waals surface area contributed by atoms with Crippen molar-refractivity contribution in [2.24, 2.45) is 5.92 Å². The van der Waals surface area contributed by atoms with Crippen LogP contribution in [0, 0.1) is 16.0 Å². The quantitative estimate of drug-likeness (QED) is 0.662. The van der Waals surface area contributed by atoms with Gasteiger partial charge in [0.05, 0.1) is 29.9 Å². The van der Waals surface area contributed by atoms with E-state index in [9.17, 15) is 14.9 Å². The Morgan fingerprint density at radius 2 is 2.25 bits per heavy atom. The van der Waals surface area contributed by atoms with Crippen molar-refractivity contribution in [1.82, 2.24) is 0 Å². The minimum atomic E-state index is -0.905. The maximum atomic E-state index is 11.2. The fourth-order valence-electron chi connectivity index (χ4n) is 2.23. The molecule has 1 aromatic carbocycles. The van der Waals surface area contributed by atoms with Crippen molar-refractivity contribution >= 4 is 33.3 Å². The van der Waals surface area contributed by atoms with Crippen LogP contribution in [0.2, 0.25) is 0 Å². The Hall–Kier alpha value is -1.67. The van der Waals surface area contributed by atoms with Gasteiger partial charge in [0.2, 0.25) is 0 Å². The van der Waals surface area contributed by atoms with Gasteiger partial charge < -0.3 is 14.7 Å². The summed E-state index contributed by atoms with van der Waals surface area (Å²) in [7, 11) is 1.75. The maximum absolute atomic E-state index is 11.2. The largest absolute Gasteiger partial charge is 0.481 e. The molecule has 1 saturated heterocycles. The number of halogens is 1. The molecule has 0 amide bonds. The average molecular weight is 345 g/mol. The van der Waals surface area contributed by atoms with Crippen molar-refractivity contribution < 1.29 is 19.6 Å². The van der Waals surface area contributed by atoms with Crippen LogP contribution >= 0.6 is 15.9 Å². The Bertz CT molecular complexity index is 551. The van der Waals surface area contributed by atoms with E-state index in [1.54, 1.807) is 18.0 Å². The first-order chi connectivity index (χ1) is 9.41. The van der Waals surface area contributed by atoms with E-state index in [2.05, 4.69) is 15.9 Å². The van der Waals surface area contributed by atoms with Gasteiger partial charge >= 0.3 is 5.97 Å². The summed E-state index contributed by atoms with van der Waals surface area (Å²) < 4.78 is 5.78. The zero-order valence-corrected chi connectivity index (χ0v) is 12.2. The number of likely N-dealkylation sites (N-methyl/N-ethyl adjacent to an activating group) is 1. The molecular formula is C12H13BrN2O5. The highest BCUT2D eigenvalue weighted by Gasteiger charge is 2.37. The van der Waals surface area contributed by atoms with Gasteiger partial charge in [-0.15, -0.1) is 0 Å². The Morgan fingerprint density at radius 3 is 2.80 bits per heavy atom. The van der Waals surface area contributed by atoms with Crippen LogP contribution in [0.3, 0.4) is 0 Å². The van der Waals surface area contributed by atoms with E-state index < -0.39 is 16.8 Å². The molecule has 20 heavy (non-hydrogen) atoms. The Kier molecular flexibility index (Phi) is 4.24. The lowest BCUT2D eigenvalue weighted by Crippen LogP contribution is -2.41. The first-order valence-electron chi connectivity index (χ1n) is 5.89. The number of hydrogen-bond acceptors (Lipinski definition) is 5. The van der Waals surface area contributed by atoms with E-state index >= 15 is 0 Å². The lowest BCUT2D eigenvalue weighted by atomic mass is 10.0. The van der Waals surface area contributed by atoms with Crippen LogP contribution < -0.4 is 4.90 Å². The molecule has 108 valence electrons. The number of non-ortho nitro benzene ring substituents is 1. The van der Waals surface area contributed by atoms with E-state index in [4.69, 9.17) is 9.84 Å². The third kappa shape index (κ3) is 2.75. The van der Waals surface area contributed by atoms with Crippen LogP contribution in [0.5, 0.6) is 0 Å². The minimum absolute atomic E-state index is 0.0218. The normalized spacial score (nSPS) is 21.7. The van der Waals surface area contributed by atoms with E-state index in [0.717, 1.165) is 0 Å². The molecule has 1 aromatic rings. The van der Waals surface area contributed by atoms with E-state index in [1.165, 1.54) is 12.1 Å². The molecule has 0 aliphatic carbocycles. The lowest BCUT2D eigenvalue weighted by Gasteiger charge is -2.29. The highest BCUT2D eigenvalue weighted by Crippen LogP contribution is 2.33. The van der Waals surface area contributed by atoms with Gasteiger partial charge in [-0.3, -0.25) is 14.9 Å². The Morgan fingerprint density at radius 1 is 1.55 bits per heavy atom. The third-order valence-electron chi connectivity index (χ3n) is 3.39. The number of ether oxygens (including phenoxy) is 1. The SMILES string of the molecule is CN(c1ccc([N+](=O)[O-])cc1Br)C1COCC1C(=O)O. The number of rotatable bonds is 4. The predicted molar refractivity (Wildman–Crippen MR) is 74.9 cm³/mol. The molecule has 7 nitrogen and oxygen atoms in total. The molecular weight excluding hydrogens is 332 g/mol. The van der Waals surface area contributed by atoms with Crippen molar-refractivity contribution in [1.29, 1.82) is 0 Å². The highest BCUT2D eigenvalue weighted by molar-refractivity contribution is 9.10. The van der Waals surface area contributed by atoms with Crippen molar-refractivity contribution in [2.75, 3.05) is 25.2 Å². The second-order valence-electron chi connectivity index (χ2n) is 4.55. The highest BCUT2D eigenvalue weighted by atomic mass is 79.9. The summed E-state index contributed by atoms with van der Waals surface area (Å²) in [4.78, 5) is 23.2. The van der Waals surface area contributed by atoms with Crippen LogP contribution in [0.15, 0.2) is 22.7 Å². The van der Waals surface area contributed by atoms with Gasteiger partial charge in [0.1, 0.15) is 5.92 Å². The molecule has 0 radical (unpaired) electrons. The lowest BCUT2D eigenvalue weighted by molar-refractivity contribution is -0.384. The minimum Gasteiger partial charge on any atom is -0.481 e. The fourth-order valence-corrected chi connectivity index (χ4v) is 2.88. The predicted octanol–water partition coefficient (Wildman–Crippen LogP) is 1.89. The van der Waals surface area contributed by atoms with Gasteiger partial charge in [0.25, 0.3) is 5.69 Å². The average Bonchev–Trinajstić information content (AvgIpc) is 2.87. The molecule has 1 aliphatic rings. The molecule has 1 heterocycles. The summed E-state index contributed by atoms with van der Waals surface area (Å²) in [6, 6.07) is 4.09. The molecule has 1 N–H and O–H groups in total. The number of nitro benzene ring substituents is 1. The summed E-state index contributed by atoms with van der Waals surface area (Å²) >= 11 is 3.29. The second-order valence-corrected chi connectivity index (χ2v) is 5.41. The molecule has 0 spiro atoms. The summed E-state index contributed by atoms with van der Waals surface area (Å²) in [6.07, 6.45) is 0. The summed E-state index contributed by atoms with van der Waals surface area (Å²) in [5.41, 5.74) is 0.670. The van der Waals surface area contributed by atoms with Crippen LogP contribution in [-0.4, -0.2) is 42.3 Å². The molecule has 0 aromatic heterocycles. The van der Waals surface area contributed by atoms with Gasteiger partial charge in [-0.2, -0.15) is 0 Å². The number of carboxylic acids is 1. The molecule has 2 rings (SSSR count). The van der Waals surface area contributed by atoms with Crippen molar-refractivity contribution in [3.8, 4) is 0 Å². The van der Waals surface area contributed by atoms with Crippen LogP contribution in [0.25, 0.3) is 0 Å². The summed E-state index contributed by atoms with van der Waals surface area (Å²) in [5, 5.41) is 19.9. The van der Waals surface area contributed by atoms with Crippen LogP contribution in [-0.2, 0) is 9.53 Å². The molecule has 0 bridgehead atoms. The zero-order valence-electron chi connectivity index (χ0n) is 10.7. The van der Waals surface area contributed by atoms with E-state index in [-0.39, 0.29) is 18.3 Å². The number of carbonyl (C=O) groups is 1. The first-order valence-corrected chi connectivity index (χ1v) is 6.68. The van der Waals surface area contributed by atoms with Gasteiger partial charge in [-0.1, -0.05) is 0 Å². The monoisotopic (exact) mass is 344 g/mol. The molecule has 1 aliphatic heterocycles. The van der Waals surface area contributed by atoms with Gasteiger partial charge in [-0.25, -0.2) is 0 Å². The Labute approximate surface area is 123 Å². The standard InChI is InChI=1S/C12H13BrN2O5/c1-14(11-6-20-5-8(11)12(16)17)10-3-2-7(15(18)19)4-9(10)13/h2-4,8,11H,5-6H2,1H3,(H,16,17). The van der Waals surface area contributed by atoms with Crippen molar-refractivity contribution in [2.45, 2.75) is 6.04 Å². The van der Waals surface area contributed by atoms with E-state index in [0.29, 0.717) is 16.8 Å². The number of anilines is 1.